The summed E-state index contributed by atoms with van der Waals surface area (Å²) >= 11 is 4.75. The van der Waals surface area contributed by atoms with Crippen molar-refractivity contribution in [1.29, 1.82) is 0 Å². The Morgan fingerprint density at radius 2 is 2.19 bits per heavy atom. The van der Waals surface area contributed by atoms with Crippen LogP contribution in [0, 0.1) is 5.82 Å². The number of aromatic nitrogens is 1. The molecule has 2 aromatic rings. The number of benzene rings is 1. The second kappa shape index (κ2) is 4.61. The minimum Gasteiger partial charge on any atom is -0.323 e. The van der Waals surface area contributed by atoms with Crippen LogP contribution in [0.1, 0.15) is 17.8 Å². The van der Waals surface area contributed by atoms with E-state index < -0.39 is 0 Å². The number of nitrogens with zero attached hydrogens (tertiary/aromatic N) is 1. The highest BCUT2D eigenvalue weighted by atomic mass is 79.9. The van der Waals surface area contributed by atoms with Gasteiger partial charge in [0.1, 0.15) is 10.8 Å². The van der Waals surface area contributed by atoms with Crippen LogP contribution in [-0.4, -0.2) is 4.98 Å². The van der Waals surface area contributed by atoms with Crippen LogP contribution in [0.4, 0.5) is 4.39 Å². The molecule has 0 aliphatic carbocycles. The van der Waals surface area contributed by atoms with Crippen LogP contribution in [0.3, 0.4) is 0 Å². The quantitative estimate of drug-likeness (QED) is 0.918. The first-order valence-electron chi connectivity index (χ1n) is 4.74. The Labute approximate surface area is 105 Å². The molecule has 0 radical (unpaired) electrons. The van der Waals surface area contributed by atoms with E-state index in [1.54, 1.807) is 6.20 Å². The third-order valence-electron chi connectivity index (χ3n) is 2.08. The summed E-state index contributed by atoms with van der Waals surface area (Å²) in [5, 5.41) is 0.785. The Kier molecular flexibility index (Phi) is 3.37. The first-order valence-corrected chi connectivity index (χ1v) is 6.35. The van der Waals surface area contributed by atoms with Gasteiger partial charge in [0.15, 0.2) is 0 Å². The molecule has 2 nitrogen and oxygen atoms in total. The van der Waals surface area contributed by atoms with Crippen molar-refractivity contribution in [3.8, 4) is 10.6 Å². The first kappa shape index (κ1) is 11.7. The Bertz CT molecular complexity index is 490. The Hall–Kier alpha value is -0.780. The standard InChI is InChI=1S/C11H10BrFN2S/c1-6(14)10-5-15-11(16-10)7-2-8(12)4-9(13)3-7/h2-6H,14H2,1H3. The molecule has 0 spiro atoms. The normalized spacial score (nSPS) is 12.8. The molecule has 0 aliphatic rings. The molecule has 1 aromatic carbocycles. The summed E-state index contributed by atoms with van der Waals surface area (Å²) in [5.41, 5.74) is 6.52. The molecule has 2 rings (SSSR count). The summed E-state index contributed by atoms with van der Waals surface area (Å²) in [6, 6.07) is 4.69. The molecular weight excluding hydrogens is 291 g/mol. The second-order valence-corrected chi connectivity index (χ2v) is 5.49. The molecule has 1 unspecified atom stereocenters. The Balaban J connectivity index is 2.42. The monoisotopic (exact) mass is 300 g/mol. The second-order valence-electron chi connectivity index (χ2n) is 3.51. The topological polar surface area (TPSA) is 38.9 Å². The van der Waals surface area contributed by atoms with E-state index in [4.69, 9.17) is 5.73 Å². The largest absolute Gasteiger partial charge is 0.323 e. The number of rotatable bonds is 2. The van der Waals surface area contributed by atoms with Gasteiger partial charge in [-0.2, -0.15) is 0 Å². The molecule has 5 heteroatoms. The van der Waals surface area contributed by atoms with Gasteiger partial charge >= 0.3 is 0 Å². The lowest BCUT2D eigenvalue weighted by molar-refractivity contribution is 0.627. The van der Waals surface area contributed by atoms with Gasteiger partial charge in [0.2, 0.25) is 0 Å². The molecule has 16 heavy (non-hydrogen) atoms. The molecule has 2 N–H and O–H groups in total. The van der Waals surface area contributed by atoms with E-state index in [0.29, 0.717) is 4.47 Å². The maximum absolute atomic E-state index is 13.2. The average Bonchev–Trinajstić information content (AvgIpc) is 2.64. The van der Waals surface area contributed by atoms with Gasteiger partial charge in [-0.25, -0.2) is 9.37 Å². The van der Waals surface area contributed by atoms with Gasteiger partial charge in [0.05, 0.1) is 0 Å². The van der Waals surface area contributed by atoms with Crippen LogP contribution in [-0.2, 0) is 0 Å². The minimum absolute atomic E-state index is 0.0387. The fourth-order valence-electron chi connectivity index (χ4n) is 1.31. The van der Waals surface area contributed by atoms with Gasteiger partial charge < -0.3 is 5.73 Å². The maximum atomic E-state index is 13.2. The van der Waals surface area contributed by atoms with E-state index >= 15 is 0 Å². The van der Waals surface area contributed by atoms with Crippen LogP contribution in [0.15, 0.2) is 28.9 Å². The van der Waals surface area contributed by atoms with Crippen LogP contribution in [0.5, 0.6) is 0 Å². The van der Waals surface area contributed by atoms with Gasteiger partial charge in [-0.3, -0.25) is 0 Å². The van der Waals surface area contributed by atoms with E-state index in [-0.39, 0.29) is 11.9 Å². The van der Waals surface area contributed by atoms with E-state index in [2.05, 4.69) is 20.9 Å². The third-order valence-corrected chi connectivity index (χ3v) is 3.79. The number of halogens is 2. The average molecular weight is 301 g/mol. The van der Waals surface area contributed by atoms with Gasteiger partial charge in [-0.05, 0) is 25.1 Å². The molecule has 1 heterocycles. The molecule has 0 bridgehead atoms. The minimum atomic E-state index is -0.276. The van der Waals surface area contributed by atoms with Gasteiger partial charge in [0.25, 0.3) is 0 Å². The molecule has 0 aliphatic heterocycles. The van der Waals surface area contributed by atoms with Crippen LogP contribution in [0.2, 0.25) is 0 Å². The number of hydrogen-bond donors (Lipinski definition) is 1. The maximum Gasteiger partial charge on any atom is 0.125 e. The Morgan fingerprint density at radius 1 is 1.44 bits per heavy atom. The first-order chi connectivity index (χ1) is 7.56. The zero-order chi connectivity index (χ0) is 11.7. The lowest BCUT2D eigenvalue weighted by Gasteiger charge is -1.99. The van der Waals surface area contributed by atoms with E-state index in [1.807, 2.05) is 13.0 Å². The van der Waals surface area contributed by atoms with Crippen molar-refractivity contribution in [2.75, 3.05) is 0 Å². The van der Waals surface area contributed by atoms with Crippen molar-refractivity contribution in [2.24, 2.45) is 5.73 Å². The SMILES string of the molecule is CC(N)c1cnc(-c2cc(F)cc(Br)c2)s1. The summed E-state index contributed by atoms with van der Waals surface area (Å²) in [7, 11) is 0. The van der Waals surface area contributed by atoms with Crippen molar-refractivity contribution in [3.63, 3.8) is 0 Å². The smallest absolute Gasteiger partial charge is 0.125 e. The van der Waals surface area contributed by atoms with Gasteiger partial charge in [-0.15, -0.1) is 11.3 Å². The lowest BCUT2D eigenvalue weighted by Crippen LogP contribution is -2.01. The zero-order valence-electron chi connectivity index (χ0n) is 8.58. The van der Waals surface area contributed by atoms with Crippen LogP contribution >= 0.6 is 27.3 Å². The lowest BCUT2D eigenvalue weighted by atomic mass is 10.2. The summed E-state index contributed by atoms with van der Waals surface area (Å²) in [6.45, 7) is 1.90. The van der Waals surface area contributed by atoms with E-state index in [1.165, 1.54) is 23.5 Å². The van der Waals surface area contributed by atoms with Gasteiger partial charge in [-0.1, -0.05) is 15.9 Å². The summed E-state index contributed by atoms with van der Waals surface area (Å²) in [5.74, 6) is -0.276. The van der Waals surface area contributed by atoms with Crippen molar-refractivity contribution in [1.82, 2.24) is 4.98 Å². The van der Waals surface area contributed by atoms with E-state index in [9.17, 15) is 4.39 Å². The summed E-state index contributed by atoms with van der Waals surface area (Å²) in [4.78, 5) is 5.24. The number of thiazole rings is 1. The predicted octanol–water partition coefficient (Wildman–Crippen LogP) is 3.73. The fraction of sp³-hybridized carbons (Fsp3) is 0.182. The fourth-order valence-corrected chi connectivity index (χ4v) is 2.63. The summed E-state index contributed by atoms with van der Waals surface area (Å²) in [6.07, 6.45) is 1.74. The summed E-state index contributed by atoms with van der Waals surface area (Å²) < 4.78 is 13.9. The molecular formula is C11H10BrFN2S. The molecule has 0 saturated heterocycles. The van der Waals surface area contributed by atoms with Crippen LogP contribution < -0.4 is 5.73 Å². The van der Waals surface area contributed by atoms with Crippen molar-refractivity contribution in [2.45, 2.75) is 13.0 Å². The number of hydrogen-bond acceptors (Lipinski definition) is 3. The molecule has 1 aromatic heterocycles. The molecule has 1 atom stereocenters. The van der Waals surface area contributed by atoms with E-state index in [0.717, 1.165) is 15.4 Å². The molecule has 0 fully saturated rings. The Morgan fingerprint density at radius 3 is 2.75 bits per heavy atom. The third kappa shape index (κ3) is 2.48. The molecule has 84 valence electrons. The zero-order valence-corrected chi connectivity index (χ0v) is 11.0. The van der Waals surface area contributed by atoms with Crippen molar-refractivity contribution >= 4 is 27.3 Å². The predicted molar refractivity (Wildman–Crippen MR) is 67.8 cm³/mol. The van der Waals surface area contributed by atoms with Gasteiger partial charge in [0, 0.05) is 27.2 Å². The highest BCUT2D eigenvalue weighted by Crippen LogP contribution is 2.30. The van der Waals surface area contributed by atoms with Crippen molar-refractivity contribution in [3.05, 3.63) is 39.6 Å². The molecule has 0 saturated carbocycles. The number of nitrogens with two attached hydrogens (primary N) is 1. The van der Waals surface area contributed by atoms with Crippen molar-refractivity contribution < 1.29 is 4.39 Å². The highest BCUT2D eigenvalue weighted by Gasteiger charge is 2.09. The molecule has 0 amide bonds. The van der Waals surface area contributed by atoms with Crippen LogP contribution in [0.25, 0.3) is 10.6 Å². The highest BCUT2D eigenvalue weighted by molar-refractivity contribution is 9.10.